The van der Waals surface area contributed by atoms with Crippen LogP contribution in [0.15, 0.2) is 97.1 Å². The van der Waals surface area contributed by atoms with Gasteiger partial charge < -0.3 is 24.6 Å². The standard InChI is InChI=1S/C35H37F2N5O7S/c1-41(27-10-14-29(48-3)15-11-27)33(43)31(20-23-8-6-5-7-9-23)38-35(45)40-50(46,47)39-32(21-24-18-25(36)22-26(37)19-24)34(44)42(2)28-12-16-30(49-4)17-13-28/h5-19,22,31-32,39H,20-21H2,1-4H3,(H2,38,40,45)/t31?,32-/m0/s1. The van der Waals surface area contributed by atoms with Gasteiger partial charge in [-0.15, -0.1) is 0 Å². The predicted octanol–water partition coefficient (Wildman–Crippen LogP) is 3.96. The number of nitrogens with one attached hydrogen (secondary N) is 3. The van der Waals surface area contributed by atoms with Crippen LogP contribution in [-0.2, 0) is 32.6 Å². The molecule has 4 rings (SSSR count). The van der Waals surface area contributed by atoms with Crippen molar-refractivity contribution in [1.29, 1.82) is 0 Å². The van der Waals surface area contributed by atoms with Gasteiger partial charge in [0.25, 0.3) is 0 Å². The van der Waals surface area contributed by atoms with Gasteiger partial charge in [-0.3, -0.25) is 9.59 Å². The third kappa shape index (κ3) is 10.2. The lowest BCUT2D eigenvalue weighted by Crippen LogP contribution is -2.57. The lowest BCUT2D eigenvalue weighted by atomic mass is 10.0. The van der Waals surface area contributed by atoms with Gasteiger partial charge in [-0.1, -0.05) is 30.3 Å². The minimum Gasteiger partial charge on any atom is -0.497 e. The highest BCUT2D eigenvalue weighted by molar-refractivity contribution is 7.88. The van der Waals surface area contributed by atoms with E-state index in [-0.39, 0.29) is 12.0 Å². The first-order valence-corrected chi connectivity index (χ1v) is 16.7. The quantitative estimate of drug-likeness (QED) is 0.180. The van der Waals surface area contributed by atoms with Crippen LogP contribution in [0, 0.1) is 11.6 Å². The molecule has 4 aromatic carbocycles. The second-order valence-electron chi connectivity index (χ2n) is 11.2. The fourth-order valence-electron chi connectivity index (χ4n) is 5.05. The minimum atomic E-state index is -4.82. The molecule has 4 aromatic rings. The van der Waals surface area contributed by atoms with E-state index < -0.39 is 58.2 Å². The molecular formula is C35H37F2N5O7S. The van der Waals surface area contributed by atoms with Crippen molar-refractivity contribution in [3.63, 3.8) is 0 Å². The number of likely N-dealkylation sites (N-methyl/N-ethyl adjacent to an activating group) is 2. The van der Waals surface area contributed by atoms with Gasteiger partial charge in [0.1, 0.15) is 35.2 Å². The molecule has 4 amide bonds. The molecule has 0 fully saturated rings. The van der Waals surface area contributed by atoms with E-state index in [0.717, 1.165) is 17.0 Å². The van der Waals surface area contributed by atoms with Crippen LogP contribution >= 0.6 is 0 Å². The summed E-state index contributed by atoms with van der Waals surface area (Å²) in [6.07, 6.45) is -0.460. The molecule has 3 N–H and O–H groups in total. The maximum absolute atomic E-state index is 14.0. The summed E-state index contributed by atoms with van der Waals surface area (Å²) in [7, 11) is 1.04. The van der Waals surface area contributed by atoms with E-state index in [1.165, 1.54) is 33.2 Å². The highest BCUT2D eigenvalue weighted by Crippen LogP contribution is 2.21. The number of amides is 4. The van der Waals surface area contributed by atoms with Crippen molar-refractivity contribution < 1.29 is 41.1 Å². The largest absolute Gasteiger partial charge is 0.497 e. The Morgan fingerprint density at radius 3 is 1.62 bits per heavy atom. The summed E-state index contributed by atoms with van der Waals surface area (Å²) >= 11 is 0. The first kappa shape index (κ1) is 37.3. The van der Waals surface area contributed by atoms with Gasteiger partial charge in [-0.05, 0) is 78.2 Å². The molecule has 50 heavy (non-hydrogen) atoms. The van der Waals surface area contributed by atoms with Crippen molar-refractivity contribution in [2.24, 2.45) is 0 Å². The van der Waals surface area contributed by atoms with Crippen LogP contribution in [0.5, 0.6) is 11.5 Å². The topological polar surface area (TPSA) is 146 Å². The van der Waals surface area contributed by atoms with Crippen molar-refractivity contribution in [3.05, 3.63) is 120 Å². The number of urea groups is 1. The number of hydrogen-bond acceptors (Lipinski definition) is 7. The molecule has 264 valence electrons. The summed E-state index contributed by atoms with van der Waals surface area (Å²) in [5.74, 6) is -2.13. The van der Waals surface area contributed by atoms with E-state index in [1.54, 1.807) is 83.6 Å². The Morgan fingerprint density at radius 2 is 1.14 bits per heavy atom. The Bertz CT molecular complexity index is 1880. The molecule has 0 heterocycles. The van der Waals surface area contributed by atoms with E-state index in [2.05, 4.69) is 10.0 Å². The molecule has 0 aliphatic carbocycles. The van der Waals surface area contributed by atoms with Gasteiger partial charge in [0.2, 0.25) is 11.8 Å². The molecule has 2 atom stereocenters. The molecule has 0 aliphatic heterocycles. The summed E-state index contributed by atoms with van der Waals surface area (Å²) < 4.78 is 69.0. The summed E-state index contributed by atoms with van der Waals surface area (Å²) in [5.41, 5.74) is 1.51. The van der Waals surface area contributed by atoms with Crippen LogP contribution in [0.1, 0.15) is 11.1 Å². The van der Waals surface area contributed by atoms with Crippen LogP contribution in [0.2, 0.25) is 0 Å². The molecule has 15 heteroatoms. The Labute approximate surface area is 289 Å². The fourth-order valence-corrected chi connectivity index (χ4v) is 5.97. The fraction of sp³-hybridized carbons (Fsp3) is 0.229. The summed E-state index contributed by atoms with van der Waals surface area (Å²) in [6.45, 7) is 0. The molecule has 0 radical (unpaired) electrons. The van der Waals surface area contributed by atoms with Gasteiger partial charge in [0.05, 0.1) is 14.2 Å². The maximum atomic E-state index is 14.0. The highest BCUT2D eigenvalue weighted by atomic mass is 32.2. The zero-order valence-electron chi connectivity index (χ0n) is 27.7. The number of halogens is 2. The lowest BCUT2D eigenvalue weighted by molar-refractivity contribution is -0.120. The Kier molecular flexibility index (Phi) is 12.5. The van der Waals surface area contributed by atoms with Gasteiger partial charge in [0, 0.05) is 38.0 Å². The second kappa shape index (κ2) is 16.7. The molecule has 0 aromatic heterocycles. The average Bonchev–Trinajstić information content (AvgIpc) is 3.09. The molecule has 0 spiro atoms. The normalized spacial score (nSPS) is 12.3. The number of ether oxygens (including phenoxy) is 2. The number of rotatable bonds is 14. The van der Waals surface area contributed by atoms with E-state index >= 15 is 0 Å². The number of hydrogen-bond donors (Lipinski definition) is 3. The number of nitrogens with zero attached hydrogens (tertiary/aromatic N) is 2. The number of carbonyl (C=O) groups excluding carboxylic acids is 3. The number of benzene rings is 4. The van der Waals surface area contributed by atoms with Crippen LogP contribution in [0.25, 0.3) is 0 Å². The second-order valence-corrected chi connectivity index (χ2v) is 12.6. The lowest BCUT2D eigenvalue weighted by Gasteiger charge is -2.26. The van der Waals surface area contributed by atoms with Gasteiger partial charge >= 0.3 is 16.2 Å². The zero-order chi connectivity index (χ0) is 36.4. The molecule has 0 saturated carbocycles. The maximum Gasteiger partial charge on any atom is 0.330 e. The van der Waals surface area contributed by atoms with Crippen molar-refractivity contribution >= 4 is 39.4 Å². The predicted molar refractivity (Wildman–Crippen MR) is 184 cm³/mol. The Hall–Kier alpha value is -5.54. The third-order valence-corrected chi connectivity index (χ3v) is 8.70. The van der Waals surface area contributed by atoms with Crippen LogP contribution in [0.4, 0.5) is 25.0 Å². The van der Waals surface area contributed by atoms with Crippen LogP contribution < -0.4 is 34.0 Å². The van der Waals surface area contributed by atoms with Crippen molar-refractivity contribution in [3.8, 4) is 11.5 Å². The molecule has 0 saturated heterocycles. The Balaban J connectivity index is 1.55. The zero-order valence-corrected chi connectivity index (χ0v) is 28.5. The van der Waals surface area contributed by atoms with E-state index in [1.807, 2.05) is 0 Å². The van der Waals surface area contributed by atoms with Crippen molar-refractivity contribution in [2.45, 2.75) is 24.9 Å². The number of methoxy groups -OCH3 is 2. The van der Waals surface area contributed by atoms with E-state index in [9.17, 15) is 31.6 Å². The monoisotopic (exact) mass is 709 g/mol. The number of carbonyl (C=O) groups is 3. The first-order chi connectivity index (χ1) is 23.8. The number of anilines is 2. The van der Waals surface area contributed by atoms with Crippen molar-refractivity contribution in [2.75, 3.05) is 38.1 Å². The minimum absolute atomic E-state index is 0.0139. The molecule has 0 aliphatic rings. The Morgan fingerprint density at radius 1 is 0.680 bits per heavy atom. The summed E-state index contributed by atoms with van der Waals surface area (Å²) in [4.78, 5) is 42.9. The molecule has 12 nitrogen and oxygen atoms in total. The molecule has 1 unspecified atom stereocenters. The van der Waals surface area contributed by atoms with Crippen molar-refractivity contribution in [1.82, 2.24) is 14.8 Å². The van der Waals surface area contributed by atoms with E-state index in [0.29, 0.717) is 34.5 Å². The average molecular weight is 710 g/mol. The van der Waals surface area contributed by atoms with Gasteiger partial charge in [-0.25, -0.2) is 18.3 Å². The summed E-state index contributed by atoms with van der Waals surface area (Å²) in [5, 5.41) is 2.43. The molecular weight excluding hydrogens is 672 g/mol. The molecule has 0 bridgehead atoms. The SMILES string of the molecule is COc1ccc(N(C)C(=O)C(Cc2ccccc2)NC(=O)NS(=O)(=O)N[C@@H](Cc2cc(F)cc(F)c2)C(=O)N(C)c2ccc(OC)cc2)cc1. The summed E-state index contributed by atoms with van der Waals surface area (Å²) in [6, 6.07) is 20.1. The van der Waals surface area contributed by atoms with Crippen LogP contribution in [0.3, 0.4) is 0 Å². The van der Waals surface area contributed by atoms with E-state index in [4.69, 9.17) is 9.47 Å². The highest BCUT2D eigenvalue weighted by Gasteiger charge is 2.31. The van der Waals surface area contributed by atoms with Gasteiger partial charge in [-0.2, -0.15) is 13.1 Å². The van der Waals surface area contributed by atoms with Crippen LogP contribution in [-0.4, -0.2) is 66.7 Å². The smallest absolute Gasteiger partial charge is 0.330 e. The first-order valence-electron chi connectivity index (χ1n) is 15.2. The van der Waals surface area contributed by atoms with Gasteiger partial charge in [0.15, 0.2) is 0 Å². The third-order valence-electron chi connectivity index (χ3n) is 7.65.